The van der Waals surface area contributed by atoms with Crippen LogP contribution < -0.4 is 0 Å². The van der Waals surface area contributed by atoms with Crippen LogP contribution in [-0.2, 0) is 18.3 Å². The van der Waals surface area contributed by atoms with E-state index in [-0.39, 0.29) is 9.90 Å². The molecule has 0 aromatic carbocycles. The Bertz CT molecular complexity index is 294. The molecule has 21 heavy (non-hydrogen) atoms. The van der Waals surface area contributed by atoms with Crippen molar-refractivity contribution in [3.8, 4) is 0 Å². The van der Waals surface area contributed by atoms with Gasteiger partial charge in [0.2, 0.25) is 0 Å². The van der Waals surface area contributed by atoms with Gasteiger partial charge in [0.1, 0.15) is 0 Å². The summed E-state index contributed by atoms with van der Waals surface area (Å²) in [6.45, 7) is 0. The molecule has 1 atom stereocenters. The molecule has 12 nitrogen and oxygen atoms in total. The third-order valence-corrected chi connectivity index (χ3v) is 0. The fourth-order valence-electron chi connectivity index (χ4n) is 0. The van der Waals surface area contributed by atoms with Gasteiger partial charge in [-0.05, 0) is 0 Å². The molecule has 0 aliphatic rings. The van der Waals surface area contributed by atoms with E-state index < -0.39 is 31.6 Å². The van der Waals surface area contributed by atoms with Crippen molar-refractivity contribution in [1.82, 2.24) is 0 Å². The van der Waals surface area contributed by atoms with E-state index in [4.69, 9.17) is 57.4 Å². The van der Waals surface area contributed by atoms with Crippen LogP contribution in [0.4, 0.5) is 16.8 Å². The first-order valence-corrected chi connectivity index (χ1v) is 9.02. The van der Waals surface area contributed by atoms with Gasteiger partial charge in [-0.3, -0.25) is 39.1 Å². The van der Waals surface area contributed by atoms with E-state index in [0.29, 0.717) is 0 Å². The van der Waals surface area contributed by atoms with Crippen molar-refractivity contribution < 1.29 is 74.2 Å². The molecule has 0 aliphatic heterocycles. The zero-order chi connectivity index (χ0) is 18.0. The minimum atomic E-state index is -5.14. The van der Waals surface area contributed by atoms with Crippen molar-refractivity contribution in [2.75, 3.05) is 0 Å². The Hall–Kier alpha value is 0.750. The molecule has 136 valence electrons. The Labute approximate surface area is 116 Å². The Morgan fingerprint density at radius 3 is 0.429 bits per heavy atom. The molecule has 0 aliphatic carbocycles. The largest absolute Gasteiger partial charge is 0.507 e. The summed E-state index contributed by atoms with van der Waals surface area (Å²) in [6.07, 6.45) is 0. The number of rotatable bonds is 0. The first kappa shape index (κ1) is 33.4. The van der Waals surface area contributed by atoms with Crippen LogP contribution in [0.5, 0.6) is 0 Å². The summed E-state index contributed by atoms with van der Waals surface area (Å²) in [6, 6.07) is 0. The van der Waals surface area contributed by atoms with Crippen molar-refractivity contribution in [3.05, 3.63) is 0 Å². The molecule has 0 fully saturated rings. The normalized spacial score (nSPS) is 11.2. The van der Waals surface area contributed by atoms with Crippen molar-refractivity contribution in [1.29, 1.82) is 0 Å². The number of hydrogen-bond donors (Lipinski definition) is 8. The van der Waals surface area contributed by atoms with Gasteiger partial charge >= 0.3 is 31.6 Å². The number of hydrogen-bond acceptors (Lipinski definition) is 4. The number of halogens is 4. The van der Waals surface area contributed by atoms with E-state index in [9.17, 15) is 16.8 Å². The molecule has 0 saturated carbocycles. The van der Waals surface area contributed by atoms with Crippen LogP contribution in [0.1, 0.15) is 0 Å². The molecule has 0 aromatic rings. The molecule has 0 rings (SSSR count). The second-order valence-electron chi connectivity index (χ2n) is 1.89. The van der Waals surface area contributed by atoms with Gasteiger partial charge in [-0.25, -0.2) is 18.3 Å². The monoisotopic (exact) mass is 434 g/mol. The zero-order valence-corrected chi connectivity index (χ0v) is 14.2. The molecule has 0 radical (unpaired) electrons. The van der Waals surface area contributed by atoms with Gasteiger partial charge in [0, 0.05) is 0 Å². The predicted molar refractivity (Wildman–Crippen MR) is 63.7 cm³/mol. The van der Waals surface area contributed by atoms with Crippen LogP contribution in [0.25, 0.3) is 0 Å². The lowest BCUT2D eigenvalue weighted by molar-refractivity contribution is 0.320. The minimum absolute atomic E-state index is 0. The average molecular weight is 434 g/mol. The molecule has 0 saturated heterocycles. The topological polar surface area (TPSA) is 230 Å². The molecule has 1 unspecified atom stereocenters. The van der Waals surface area contributed by atoms with E-state index in [0.717, 1.165) is 0 Å². The summed E-state index contributed by atoms with van der Waals surface area (Å²) in [4.78, 5) is 55.7. The third kappa shape index (κ3) is 13000. The molecule has 0 amide bonds. The lowest BCUT2D eigenvalue weighted by atomic mass is 15.8. The smallest absolute Gasteiger partial charge is 0.299 e. The van der Waals surface area contributed by atoms with Crippen LogP contribution >= 0.6 is 41.5 Å². The van der Waals surface area contributed by atoms with Crippen LogP contribution in [-0.4, -0.2) is 39.1 Å². The fourth-order valence-corrected chi connectivity index (χ4v) is 0. The molecule has 0 aromatic heterocycles. The summed E-state index contributed by atoms with van der Waals surface area (Å²) in [5.41, 5.74) is 0. The maximum atomic E-state index is 10.4. The minimum Gasteiger partial charge on any atom is -0.299 e. The molecule has 0 spiro atoms. The standard InChI is InChI=1S/4FH2O3P.H3P/c4*1-5(2,3)4;/h4*(H2,2,3,4);1H3. The van der Waals surface area contributed by atoms with E-state index in [1.807, 2.05) is 0 Å². The van der Waals surface area contributed by atoms with Gasteiger partial charge in [0.25, 0.3) is 0 Å². The molecular formula is H11F4O12P5. The van der Waals surface area contributed by atoms with Gasteiger partial charge in [0.15, 0.2) is 0 Å². The first-order valence-electron chi connectivity index (χ1n) is 3.01. The molecule has 0 bridgehead atoms. The van der Waals surface area contributed by atoms with Crippen molar-refractivity contribution >= 4 is 41.5 Å². The third-order valence-electron chi connectivity index (χ3n) is 0. The van der Waals surface area contributed by atoms with Crippen molar-refractivity contribution in [2.24, 2.45) is 0 Å². The Morgan fingerprint density at radius 1 is 0.429 bits per heavy atom. The molecule has 8 N–H and O–H groups in total. The Morgan fingerprint density at radius 2 is 0.429 bits per heavy atom. The van der Waals surface area contributed by atoms with Gasteiger partial charge in [-0.15, -0.1) is 16.8 Å². The van der Waals surface area contributed by atoms with E-state index >= 15 is 0 Å². The van der Waals surface area contributed by atoms with Gasteiger partial charge < -0.3 is 0 Å². The van der Waals surface area contributed by atoms with Crippen molar-refractivity contribution in [2.45, 2.75) is 0 Å². The van der Waals surface area contributed by atoms with Crippen LogP contribution in [0, 0.1) is 0 Å². The second-order valence-corrected chi connectivity index (χ2v) is 5.68. The van der Waals surface area contributed by atoms with Gasteiger partial charge in [0.05, 0.1) is 0 Å². The van der Waals surface area contributed by atoms with E-state index in [2.05, 4.69) is 0 Å². The lowest BCUT2D eigenvalue weighted by Gasteiger charge is -1.78. The maximum absolute atomic E-state index is 10.4. The Balaban J connectivity index is -0.0000000533. The van der Waals surface area contributed by atoms with E-state index in [1.54, 1.807) is 0 Å². The second kappa shape index (κ2) is 13.2. The highest BCUT2D eigenvalue weighted by atomic mass is 31.2. The SMILES string of the molecule is O=P(O)(O)F.O=P(O)(O)F.O=P(O)(O)F.O=P(O)(O)F.P. The van der Waals surface area contributed by atoms with Gasteiger partial charge in [-0.2, -0.15) is 9.90 Å². The molecular weight excluding hydrogens is 423 g/mol. The summed E-state index contributed by atoms with van der Waals surface area (Å²) in [5.74, 6) is 0. The zero-order valence-electron chi connectivity index (χ0n) is 9.22. The molecule has 21 heteroatoms. The van der Waals surface area contributed by atoms with Crippen LogP contribution in [0.15, 0.2) is 0 Å². The highest BCUT2D eigenvalue weighted by molar-refractivity contribution is 7.46. The maximum Gasteiger partial charge on any atom is 0.507 e. The summed E-state index contributed by atoms with van der Waals surface area (Å²) < 4.78 is 76.1. The van der Waals surface area contributed by atoms with Crippen LogP contribution in [0.3, 0.4) is 0 Å². The van der Waals surface area contributed by atoms with Gasteiger partial charge in [-0.1, -0.05) is 0 Å². The summed E-state index contributed by atoms with van der Waals surface area (Å²) >= 11 is 0. The quantitative estimate of drug-likeness (QED) is 0.190. The van der Waals surface area contributed by atoms with Crippen molar-refractivity contribution in [3.63, 3.8) is 0 Å². The average Bonchev–Trinajstić information content (AvgIpc) is 1.62. The highest BCUT2D eigenvalue weighted by Crippen LogP contribution is 2.36. The first-order chi connectivity index (χ1) is 8.00. The van der Waals surface area contributed by atoms with E-state index in [1.165, 1.54) is 0 Å². The Kier molecular flexibility index (Phi) is 21.0. The molecule has 0 heterocycles. The summed E-state index contributed by atoms with van der Waals surface area (Å²) in [7, 11) is -20.6. The fraction of sp³-hybridized carbons (Fsp3) is 0. The summed E-state index contributed by atoms with van der Waals surface area (Å²) in [5, 5.41) is 0. The lowest BCUT2D eigenvalue weighted by Crippen LogP contribution is -1.56. The highest BCUT2D eigenvalue weighted by Gasteiger charge is 2.06. The predicted octanol–water partition coefficient (Wildman–Crippen LogP) is 0.253. The van der Waals surface area contributed by atoms with Crippen LogP contribution in [0.2, 0.25) is 0 Å².